The molecular formula is C7H10F3NO4S. The number of ether oxygens (including phenoxy) is 1. The van der Waals surface area contributed by atoms with Crippen molar-refractivity contribution < 1.29 is 31.1 Å². The first-order valence-corrected chi connectivity index (χ1v) is 5.79. The molecule has 0 aromatic carbocycles. The molecule has 1 aliphatic heterocycles. The average molecular weight is 261 g/mol. The topological polar surface area (TPSA) is 63.7 Å². The van der Waals surface area contributed by atoms with Gasteiger partial charge in [0.2, 0.25) is 0 Å². The number of carbonyl (C=O) groups excluding carboxylic acids is 1. The van der Waals surface area contributed by atoms with Crippen LogP contribution in [-0.4, -0.2) is 44.4 Å². The minimum absolute atomic E-state index is 0.114. The number of cyclic esters (lactones) is 1. The second-order valence-electron chi connectivity index (χ2n) is 3.38. The van der Waals surface area contributed by atoms with Gasteiger partial charge in [0.25, 0.3) is 0 Å². The van der Waals surface area contributed by atoms with E-state index < -0.39 is 34.0 Å². The SMILES string of the molecule is CN(CC1CCOC1=O)S(=O)(=O)C(F)(F)F. The van der Waals surface area contributed by atoms with Crippen molar-refractivity contribution in [3.63, 3.8) is 0 Å². The van der Waals surface area contributed by atoms with Gasteiger partial charge in [0.05, 0.1) is 12.5 Å². The third-order valence-electron chi connectivity index (χ3n) is 2.22. The fourth-order valence-corrected chi connectivity index (χ4v) is 2.02. The molecule has 1 aliphatic rings. The van der Waals surface area contributed by atoms with Gasteiger partial charge in [-0.05, 0) is 6.42 Å². The van der Waals surface area contributed by atoms with Crippen LogP contribution in [0.25, 0.3) is 0 Å². The first kappa shape index (κ1) is 13.2. The zero-order valence-corrected chi connectivity index (χ0v) is 9.14. The number of hydrogen-bond donors (Lipinski definition) is 0. The molecule has 1 saturated heterocycles. The molecule has 9 heteroatoms. The molecule has 94 valence electrons. The highest BCUT2D eigenvalue weighted by atomic mass is 32.2. The van der Waals surface area contributed by atoms with Crippen molar-refractivity contribution in [2.45, 2.75) is 11.9 Å². The van der Waals surface area contributed by atoms with E-state index in [1.165, 1.54) is 0 Å². The maximum absolute atomic E-state index is 12.1. The van der Waals surface area contributed by atoms with Crippen molar-refractivity contribution in [3.8, 4) is 0 Å². The smallest absolute Gasteiger partial charge is 0.465 e. The molecule has 0 amide bonds. The monoisotopic (exact) mass is 261 g/mol. The summed E-state index contributed by atoms with van der Waals surface area (Å²) in [6, 6.07) is 0. The van der Waals surface area contributed by atoms with E-state index in [-0.39, 0.29) is 17.3 Å². The van der Waals surface area contributed by atoms with Crippen LogP contribution < -0.4 is 0 Å². The molecule has 1 atom stereocenters. The summed E-state index contributed by atoms with van der Waals surface area (Å²) in [6.07, 6.45) is 0.233. The van der Waals surface area contributed by atoms with Gasteiger partial charge in [-0.15, -0.1) is 0 Å². The van der Waals surface area contributed by atoms with Crippen LogP contribution in [0.1, 0.15) is 6.42 Å². The lowest BCUT2D eigenvalue weighted by Crippen LogP contribution is -2.41. The van der Waals surface area contributed by atoms with Crippen LogP contribution in [0.3, 0.4) is 0 Å². The highest BCUT2D eigenvalue weighted by Gasteiger charge is 2.49. The summed E-state index contributed by atoms with van der Waals surface area (Å²) in [5, 5.41) is 0. The van der Waals surface area contributed by atoms with E-state index in [0.29, 0.717) is 0 Å². The Labute approximate surface area is 90.2 Å². The van der Waals surface area contributed by atoms with Gasteiger partial charge in [-0.2, -0.15) is 17.5 Å². The van der Waals surface area contributed by atoms with Crippen LogP contribution in [0.4, 0.5) is 13.2 Å². The molecule has 1 heterocycles. The Morgan fingerprint density at radius 1 is 1.50 bits per heavy atom. The number of carbonyl (C=O) groups is 1. The maximum atomic E-state index is 12.1. The van der Waals surface area contributed by atoms with E-state index in [2.05, 4.69) is 4.74 Å². The number of nitrogens with zero attached hydrogens (tertiary/aromatic N) is 1. The number of rotatable bonds is 3. The van der Waals surface area contributed by atoms with Crippen LogP contribution in [0.5, 0.6) is 0 Å². The van der Waals surface area contributed by atoms with E-state index >= 15 is 0 Å². The number of esters is 1. The third-order valence-corrected chi connectivity index (χ3v) is 3.78. The highest BCUT2D eigenvalue weighted by Crippen LogP contribution is 2.27. The molecular weight excluding hydrogens is 251 g/mol. The first-order valence-electron chi connectivity index (χ1n) is 4.35. The van der Waals surface area contributed by atoms with Crippen molar-refractivity contribution in [2.75, 3.05) is 20.2 Å². The fraction of sp³-hybridized carbons (Fsp3) is 0.857. The molecule has 16 heavy (non-hydrogen) atoms. The van der Waals surface area contributed by atoms with Gasteiger partial charge in [0.15, 0.2) is 0 Å². The van der Waals surface area contributed by atoms with E-state index in [0.717, 1.165) is 7.05 Å². The molecule has 0 bridgehead atoms. The first-order chi connectivity index (χ1) is 7.16. The molecule has 0 aliphatic carbocycles. The zero-order valence-electron chi connectivity index (χ0n) is 8.32. The van der Waals surface area contributed by atoms with Gasteiger partial charge in [-0.25, -0.2) is 8.42 Å². The molecule has 0 radical (unpaired) electrons. The van der Waals surface area contributed by atoms with Crippen LogP contribution in [0, 0.1) is 5.92 Å². The van der Waals surface area contributed by atoms with Gasteiger partial charge in [-0.1, -0.05) is 0 Å². The molecule has 1 fully saturated rings. The lowest BCUT2D eigenvalue weighted by Gasteiger charge is -2.20. The number of alkyl halides is 3. The number of hydrogen-bond acceptors (Lipinski definition) is 4. The summed E-state index contributed by atoms with van der Waals surface area (Å²) in [7, 11) is -4.58. The van der Waals surface area contributed by atoms with Crippen LogP contribution in [0.2, 0.25) is 0 Å². The van der Waals surface area contributed by atoms with Crippen molar-refractivity contribution in [3.05, 3.63) is 0 Å². The Morgan fingerprint density at radius 2 is 2.06 bits per heavy atom. The van der Waals surface area contributed by atoms with Gasteiger partial charge in [0.1, 0.15) is 0 Å². The maximum Gasteiger partial charge on any atom is 0.511 e. The lowest BCUT2D eigenvalue weighted by molar-refractivity contribution is -0.141. The van der Waals surface area contributed by atoms with E-state index in [1.54, 1.807) is 0 Å². The van der Waals surface area contributed by atoms with Crippen LogP contribution in [0.15, 0.2) is 0 Å². The van der Waals surface area contributed by atoms with E-state index in [4.69, 9.17) is 0 Å². The Kier molecular flexibility index (Phi) is 3.48. The summed E-state index contributed by atoms with van der Waals surface area (Å²) < 4.78 is 62.8. The predicted octanol–water partition coefficient (Wildman–Crippen LogP) is 0.331. The molecule has 0 aromatic rings. The van der Waals surface area contributed by atoms with Gasteiger partial charge in [0, 0.05) is 13.6 Å². The van der Waals surface area contributed by atoms with Gasteiger partial charge in [-0.3, -0.25) is 4.79 Å². The molecule has 1 rings (SSSR count). The largest absolute Gasteiger partial charge is 0.511 e. The summed E-state index contributed by atoms with van der Waals surface area (Å²) in [5.41, 5.74) is -5.34. The minimum atomic E-state index is -5.36. The van der Waals surface area contributed by atoms with Gasteiger partial charge >= 0.3 is 21.5 Å². The second-order valence-corrected chi connectivity index (χ2v) is 5.42. The van der Waals surface area contributed by atoms with Crippen molar-refractivity contribution in [1.82, 2.24) is 4.31 Å². The second kappa shape index (κ2) is 4.21. The average Bonchev–Trinajstić information content (AvgIpc) is 2.49. The standard InChI is InChI=1S/C7H10F3NO4S/c1-11(16(13,14)7(8,9)10)4-5-2-3-15-6(5)12/h5H,2-4H2,1H3. The molecule has 0 spiro atoms. The normalized spacial score (nSPS) is 22.6. The Hall–Kier alpha value is -0.830. The Bertz CT molecular complexity index is 378. The molecule has 1 unspecified atom stereocenters. The Morgan fingerprint density at radius 3 is 2.44 bits per heavy atom. The van der Waals surface area contributed by atoms with E-state index in [9.17, 15) is 26.4 Å². The highest BCUT2D eigenvalue weighted by molar-refractivity contribution is 7.89. The zero-order chi connectivity index (χ0) is 12.6. The summed E-state index contributed by atoms with van der Waals surface area (Å²) in [4.78, 5) is 11.0. The molecule has 0 saturated carbocycles. The molecule has 5 nitrogen and oxygen atoms in total. The van der Waals surface area contributed by atoms with Crippen molar-refractivity contribution in [1.29, 1.82) is 0 Å². The van der Waals surface area contributed by atoms with Crippen LogP contribution in [-0.2, 0) is 19.6 Å². The molecule has 0 N–H and O–H groups in total. The van der Waals surface area contributed by atoms with Gasteiger partial charge < -0.3 is 4.74 Å². The van der Waals surface area contributed by atoms with E-state index in [1.807, 2.05) is 0 Å². The summed E-state index contributed by atoms with van der Waals surface area (Å²) >= 11 is 0. The predicted molar refractivity (Wildman–Crippen MR) is 46.7 cm³/mol. The van der Waals surface area contributed by atoms with Crippen molar-refractivity contribution in [2.24, 2.45) is 5.92 Å². The third kappa shape index (κ3) is 2.46. The summed E-state index contributed by atoms with van der Waals surface area (Å²) in [6.45, 7) is -0.399. The quantitative estimate of drug-likeness (QED) is 0.687. The Balaban J connectivity index is 2.72. The lowest BCUT2D eigenvalue weighted by atomic mass is 10.1. The number of sulfonamides is 1. The van der Waals surface area contributed by atoms with Crippen molar-refractivity contribution >= 4 is 16.0 Å². The molecule has 0 aromatic heterocycles. The van der Waals surface area contributed by atoms with Crippen LogP contribution >= 0.6 is 0 Å². The fourth-order valence-electron chi connectivity index (χ4n) is 1.29. The summed E-state index contributed by atoms with van der Waals surface area (Å²) in [5.74, 6) is -1.48. The number of halogens is 3. The minimum Gasteiger partial charge on any atom is -0.465 e.